The Morgan fingerprint density at radius 2 is 2.16 bits per heavy atom. The van der Waals surface area contributed by atoms with Gasteiger partial charge in [-0.05, 0) is 49.9 Å². The van der Waals surface area contributed by atoms with Gasteiger partial charge in [-0.2, -0.15) is 0 Å². The average molecular weight is 261 g/mol. The first-order valence-electron chi connectivity index (χ1n) is 7.77. The first kappa shape index (κ1) is 14.3. The number of hydrogen-bond acceptors (Lipinski definition) is 3. The van der Waals surface area contributed by atoms with E-state index in [2.05, 4.69) is 41.2 Å². The maximum Gasteiger partial charge on any atom is 0.129 e. The first-order chi connectivity index (χ1) is 9.35. The summed E-state index contributed by atoms with van der Waals surface area (Å²) >= 11 is 0. The number of unbranched alkanes of at least 4 members (excludes halogenated alkanes) is 1. The van der Waals surface area contributed by atoms with E-state index in [4.69, 9.17) is 0 Å². The SMILES string of the molecule is CCCCN(c1cc(CNCCC)ccn1)C1CC1. The van der Waals surface area contributed by atoms with Gasteiger partial charge in [-0.1, -0.05) is 20.3 Å². The van der Waals surface area contributed by atoms with E-state index in [9.17, 15) is 0 Å². The number of anilines is 1. The average Bonchev–Trinajstić information content (AvgIpc) is 3.25. The summed E-state index contributed by atoms with van der Waals surface area (Å²) in [5, 5.41) is 3.46. The van der Waals surface area contributed by atoms with Crippen LogP contribution in [0.5, 0.6) is 0 Å². The summed E-state index contributed by atoms with van der Waals surface area (Å²) < 4.78 is 0. The highest BCUT2D eigenvalue weighted by atomic mass is 15.2. The van der Waals surface area contributed by atoms with Crippen LogP contribution in [0.15, 0.2) is 18.3 Å². The molecule has 19 heavy (non-hydrogen) atoms. The maximum atomic E-state index is 4.58. The summed E-state index contributed by atoms with van der Waals surface area (Å²) in [7, 11) is 0. The number of nitrogens with one attached hydrogen (secondary N) is 1. The molecular formula is C16H27N3. The molecule has 0 amide bonds. The fourth-order valence-electron chi connectivity index (χ4n) is 2.34. The number of rotatable bonds is 9. The van der Waals surface area contributed by atoms with Crippen LogP contribution in [0.1, 0.15) is 51.5 Å². The molecule has 0 atom stereocenters. The predicted octanol–water partition coefficient (Wildman–Crippen LogP) is 3.35. The third-order valence-electron chi connectivity index (χ3n) is 3.60. The van der Waals surface area contributed by atoms with Crippen LogP contribution < -0.4 is 10.2 Å². The molecule has 1 aliphatic carbocycles. The number of nitrogens with zero attached hydrogens (tertiary/aromatic N) is 2. The Morgan fingerprint density at radius 3 is 2.84 bits per heavy atom. The minimum atomic E-state index is 0.748. The summed E-state index contributed by atoms with van der Waals surface area (Å²) in [5.74, 6) is 1.17. The van der Waals surface area contributed by atoms with Crippen molar-refractivity contribution in [3.63, 3.8) is 0 Å². The minimum absolute atomic E-state index is 0.748. The molecule has 0 aliphatic heterocycles. The molecule has 1 aromatic heterocycles. The Bertz CT molecular complexity index is 374. The third kappa shape index (κ3) is 4.50. The summed E-state index contributed by atoms with van der Waals surface area (Å²) in [6.07, 6.45) is 8.33. The smallest absolute Gasteiger partial charge is 0.129 e. The van der Waals surface area contributed by atoms with Crippen LogP contribution in [-0.4, -0.2) is 24.1 Å². The zero-order valence-corrected chi connectivity index (χ0v) is 12.4. The van der Waals surface area contributed by atoms with Gasteiger partial charge in [-0.15, -0.1) is 0 Å². The summed E-state index contributed by atoms with van der Waals surface area (Å²) in [6.45, 7) is 7.64. The van der Waals surface area contributed by atoms with Gasteiger partial charge in [0.1, 0.15) is 5.82 Å². The normalized spacial score (nSPS) is 14.6. The molecule has 0 aromatic carbocycles. The van der Waals surface area contributed by atoms with Crippen LogP contribution in [0.25, 0.3) is 0 Å². The van der Waals surface area contributed by atoms with Gasteiger partial charge in [0.15, 0.2) is 0 Å². The molecule has 3 heteroatoms. The molecule has 0 unspecified atom stereocenters. The molecule has 0 spiro atoms. The van der Waals surface area contributed by atoms with Crippen LogP contribution in [0.2, 0.25) is 0 Å². The lowest BCUT2D eigenvalue weighted by Gasteiger charge is -2.23. The standard InChI is InChI=1S/C16H27N3/c1-3-5-11-19(15-6-7-15)16-12-14(8-10-18-16)13-17-9-4-2/h8,10,12,15,17H,3-7,9,11,13H2,1-2H3. The largest absolute Gasteiger partial charge is 0.354 e. The van der Waals surface area contributed by atoms with Gasteiger partial charge >= 0.3 is 0 Å². The minimum Gasteiger partial charge on any atom is -0.354 e. The van der Waals surface area contributed by atoms with E-state index in [1.807, 2.05) is 6.20 Å². The fraction of sp³-hybridized carbons (Fsp3) is 0.688. The van der Waals surface area contributed by atoms with Crippen molar-refractivity contribution in [1.29, 1.82) is 0 Å². The van der Waals surface area contributed by atoms with Crippen molar-refractivity contribution < 1.29 is 0 Å². The fourth-order valence-corrected chi connectivity index (χ4v) is 2.34. The van der Waals surface area contributed by atoms with Gasteiger partial charge in [0.25, 0.3) is 0 Å². The van der Waals surface area contributed by atoms with E-state index in [1.165, 1.54) is 43.5 Å². The molecule has 0 saturated heterocycles. The van der Waals surface area contributed by atoms with Crippen LogP contribution in [0.4, 0.5) is 5.82 Å². The van der Waals surface area contributed by atoms with Crippen LogP contribution in [0.3, 0.4) is 0 Å². The van der Waals surface area contributed by atoms with Crippen molar-refractivity contribution in [3.8, 4) is 0 Å². The van der Waals surface area contributed by atoms with E-state index >= 15 is 0 Å². The lowest BCUT2D eigenvalue weighted by molar-refractivity contribution is 0.672. The second-order valence-electron chi connectivity index (χ2n) is 5.48. The molecule has 106 valence electrons. The topological polar surface area (TPSA) is 28.2 Å². The Hall–Kier alpha value is -1.09. The van der Waals surface area contributed by atoms with Gasteiger partial charge < -0.3 is 10.2 Å². The molecule has 2 rings (SSSR count). The van der Waals surface area contributed by atoms with E-state index in [0.717, 1.165) is 25.7 Å². The molecule has 0 bridgehead atoms. The number of hydrogen-bond donors (Lipinski definition) is 1. The highest BCUT2D eigenvalue weighted by Gasteiger charge is 2.29. The van der Waals surface area contributed by atoms with Crippen LogP contribution in [-0.2, 0) is 6.54 Å². The molecular weight excluding hydrogens is 234 g/mol. The van der Waals surface area contributed by atoms with Crippen molar-refractivity contribution in [2.24, 2.45) is 0 Å². The van der Waals surface area contributed by atoms with Gasteiger partial charge in [0.05, 0.1) is 0 Å². The van der Waals surface area contributed by atoms with E-state index in [0.29, 0.717) is 0 Å². The summed E-state index contributed by atoms with van der Waals surface area (Å²) in [6, 6.07) is 5.13. The lowest BCUT2D eigenvalue weighted by Crippen LogP contribution is -2.28. The molecule has 1 N–H and O–H groups in total. The zero-order valence-electron chi connectivity index (χ0n) is 12.4. The Kier molecular flexibility index (Phi) is 5.64. The van der Waals surface area contributed by atoms with Crippen molar-refractivity contribution in [3.05, 3.63) is 23.9 Å². The summed E-state index contributed by atoms with van der Waals surface area (Å²) in [5.41, 5.74) is 1.35. The monoisotopic (exact) mass is 261 g/mol. The molecule has 3 nitrogen and oxygen atoms in total. The second kappa shape index (κ2) is 7.49. The molecule has 1 aromatic rings. The van der Waals surface area contributed by atoms with Gasteiger partial charge in [-0.25, -0.2) is 4.98 Å². The highest BCUT2D eigenvalue weighted by Crippen LogP contribution is 2.31. The van der Waals surface area contributed by atoms with Crippen molar-refractivity contribution in [2.75, 3.05) is 18.0 Å². The van der Waals surface area contributed by atoms with E-state index < -0.39 is 0 Å². The number of pyridine rings is 1. The molecule has 1 saturated carbocycles. The lowest BCUT2D eigenvalue weighted by atomic mass is 10.2. The van der Waals surface area contributed by atoms with Gasteiger partial charge in [0.2, 0.25) is 0 Å². The maximum absolute atomic E-state index is 4.58. The van der Waals surface area contributed by atoms with E-state index in [-0.39, 0.29) is 0 Å². The summed E-state index contributed by atoms with van der Waals surface area (Å²) in [4.78, 5) is 7.09. The van der Waals surface area contributed by atoms with Gasteiger partial charge in [-0.3, -0.25) is 0 Å². The molecule has 1 fully saturated rings. The predicted molar refractivity (Wildman–Crippen MR) is 81.5 cm³/mol. The first-order valence-corrected chi connectivity index (χ1v) is 7.77. The van der Waals surface area contributed by atoms with E-state index in [1.54, 1.807) is 0 Å². The molecule has 1 aliphatic rings. The van der Waals surface area contributed by atoms with Crippen molar-refractivity contribution in [1.82, 2.24) is 10.3 Å². The van der Waals surface area contributed by atoms with Crippen molar-refractivity contribution >= 4 is 5.82 Å². The van der Waals surface area contributed by atoms with Crippen LogP contribution >= 0.6 is 0 Å². The zero-order chi connectivity index (χ0) is 13.5. The number of aromatic nitrogens is 1. The molecule has 0 radical (unpaired) electrons. The Labute approximate surface area is 117 Å². The van der Waals surface area contributed by atoms with Crippen molar-refractivity contribution in [2.45, 2.75) is 58.5 Å². The van der Waals surface area contributed by atoms with Gasteiger partial charge in [0, 0.05) is 25.3 Å². The highest BCUT2D eigenvalue weighted by molar-refractivity contribution is 5.43. The Morgan fingerprint density at radius 1 is 1.32 bits per heavy atom. The third-order valence-corrected chi connectivity index (χ3v) is 3.60. The Balaban J connectivity index is 1.98. The quantitative estimate of drug-likeness (QED) is 0.691. The van der Waals surface area contributed by atoms with Crippen LogP contribution in [0, 0.1) is 0 Å². The molecule has 1 heterocycles. The second-order valence-corrected chi connectivity index (χ2v) is 5.48.